The van der Waals surface area contributed by atoms with Gasteiger partial charge in [0.1, 0.15) is 0 Å². The standard InChI is InChI=1S/C11H7ClF3N3/c12-10-9(16)7(5-17-18-10)6-3-1-2-4-8(6)11(13,14)15/h1-5H,(H2,16,17). The Bertz CT molecular complexity index is 584. The fraction of sp³-hybridized carbons (Fsp3) is 0.0909. The molecule has 0 fully saturated rings. The molecule has 2 rings (SSSR count). The van der Waals surface area contributed by atoms with Crippen LogP contribution in [0.2, 0.25) is 5.15 Å². The fourth-order valence-electron chi connectivity index (χ4n) is 1.55. The van der Waals surface area contributed by atoms with Crippen LogP contribution in [0.4, 0.5) is 18.9 Å². The van der Waals surface area contributed by atoms with Gasteiger partial charge in [-0.25, -0.2) is 0 Å². The second-order valence-corrected chi connectivity index (χ2v) is 3.86. The topological polar surface area (TPSA) is 51.8 Å². The van der Waals surface area contributed by atoms with E-state index in [0.29, 0.717) is 0 Å². The van der Waals surface area contributed by atoms with Crippen LogP contribution in [-0.4, -0.2) is 10.2 Å². The van der Waals surface area contributed by atoms with E-state index in [1.807, 2.05) is 0 Å². The van der Waals surface area contributed by atoms with Crippen molar-refractivity contribution in [1.29, 1.82) is 0 Å². The largest absolute Gasteiger partial charge is 0.417 e. The Morgan fingerprint density at radius 3 is 2.44 bits per heavy atom. The predicted molar refractivity (Wildman–Crippen MR) is 61.9 cm³/mol. The van der Waals surface area contributed by atoms with Gasteiger partial charge >= 0.3 is 6.18 Å². The lowest BCUT2D eigenvalue weighted by molar-refractivity contribution is -0.137. The monoisotopic (exact) mass is 273 g/mol. The number of halogens is 4. The van der Waals surface area contributed by atoms with Crippen LogP contribution in [0.5, 0.6) is 0 Å². The molecule has 0 spiro atoms. The van der Waals surface area contributed by atoms with Crippen LogP contribution in [0.3, 0.4) is 0 Å². The van der Waals surface area contributed by atoms with Gasteiger partial charge in [-0.1, -0.05) is 29.8 Å². The molecular formula is C11H7ClF3N3. The SMILES string of the molecule is Nc1c(-c2ccccc2C(F)(F)F)cnnc1Cl. The Hall–Kier alpha value is -1.82. The van der Waals surface area contributed by atoms with Gasteiger partial charge in [0, 0.05) is 5.56 Å². The number of aromatic nitrogens is 2. The average Bonchev–Trinajstić information content (AvgIpc) is 2.32. The van der Waals surface area contributed by atoms with E-state index in [-0.39, 0.29) is 22.0 Å². The molecule has 0 atom stereocenters. The molecule has 0 aliphatic heterocycles. The zero-order valence-corrected chi connectivity index (χ0v) is 9.63. The highest BCUT2D eigenvalue weighted by Gasteiger charge is 2.33. The zero-order chi connectivity index (χ0) is 13.3. The predicted octanol–water partition coefficient (Wildman–Crippen LogP) is 3.40. The van der Waals surface area contributed by atoms with Gasteiger partial charge in [0.25, 0.3) is 0 Å². The van der Waals surface area contributed by atoms with E-state index >= 15 is 0 Å². The zero-order valence-electron chi connectivity index (χ0n) is 8.87. The molecule has 0 bridgehead atoms. The number of hydrogen-bond acceptors (Lipinski definition) is 3. The van der Waals surface area contributed by atoms with E-state index in [1.165, 1.54) is 18.2 Å². The Kier molecular flexibility index (Phi) is 3.13. The molecule has 94 valence electrons. The number of alkyl halides is 3. The third-order valence-electron chi connectivity index (χ3n) is 2.37. The number of benzene rings is 1. The molecular weight excluding hydrogens is 267 g/mol. The molecule has 2 aromatic rings. The van der Waals surface area contributed by atoms with Crippen LogP contribution < -0.4 is 5.73 Å². The summed E-state index contributed by atoms with van der Waals surface area (Å²) in [4.78, 5) is 0. The van der Waals surface area contributed by atoms with Gasteiger partial charge in [0.2, 0.25) is 0 Å². The molecule has 0 unspecified atom stereocenters. The number of anilines is 1. The maximum Gasteiger partial charge on any atom is 0.417 e. The lowest BCUT2D eigenvalue weighted by Crippen LogP contribution is -2.08. The van der Waals surface area contributed by atoms with Gasteiger partial charge in [-0.3, -0.25) is 0 Å². The smallest absolute Gasteiger partial charge is 0.396 e. The molecule has 0 aliphatic rings. The highest BCUT2D eigenvalue weighted by molar-refractivity contribution is 6.32. The lowest BCUT2D eigenvalue weighted by Gasteiger charge is -2.13. The molecule has 0 saturated heterocycles. The third kappa shape index (κ3) is 2.24. The van der Waals surface area contributed by atoms with Crippen LogP contribution >= 0.6 is 11.6 Å². The van der Waals surface area contributed by atoms with Gasteiger partial charge < -0.3 is 5.73 Å². The number of nitrogens with zero attached hydrogens (tertiary/aromatic N) is 2. The summed E-state index contributed by atoms with van der Waals surface area (Å²) < 4.78 is 38.6. The first-order chi connectivity index (χ1) is 8.41. The highest BCUT2D eigenvalue weighted by atomic mass is 35.5. The van der Waals surface area contributed by atoms with E-state index in [9.17, 15) is 13.2 Å². The molecule has 1 heterocycles. The van der Waals surface area contributed by atoms with Crippen LogP contribution in [0, 0.1) is 0 Å². The van der Waals surface area contributed by atoms with Gasteiger partial charge in [0.15, 0.2) is 5.15 Å². The Morgan fingerprint density at radius 2 is 1.78 bits per heavy atom. The van der Waals surface area contributed by atoms with E-state index in [1.54, 1.807) is 0 Å². The highest BCUT2D eigenvalue weighted by Crippen LogP contribution is 2.39. The molecule has 0 aliphatic carbocycles. The molecule has 18 heavy (non-hydrogen) atoms. The van der Waals surface area contributed by atoms with Gasteiger partial charge in [0.05, 0.1) is 17.4 Å². The Morgan fingerprint density at radius 1 is 1.11 bits per heavy atom. The number of hydrogen-bond donors (Lipinski definition) is 1. The van der Waals surface area contributed by atoms with Crippen molar-refractivity contribution < 1.29 is 13.2 Å². The van der Waals surface area contributed by atoms with Crippen LogP contribution in [-0.2, 0) is 6.18 Å². The Labute approximate surface area is 105 Å². The molecule has 1 aromatic carbocycles. The third-order valence-corrected chi connectivity index (χ3v) is 2.65. The summed E-state index contributed by atoms with van der Waals surface area (Å²) >= 11 is 5.65. The second kappa shape index (κ2) is 4.45. The minimum absolute atomic E-state index is 0.0247. The van der Waals surface area contributed by atoms with Crippen LogP contribution in [0.25, 0.3) is 11.1 Å². The van der Waals surface area contributed by atoms with Crippen molar-refractivity contribution in [3.63, 3.8) is 0 Å². The Balaban J connectivity index is 2.69. The van der Waals surface area contributed by atoms with Crippen LogP contribution in [0.1, 0.15) is 5.56 Å². The first kappa shape index (κ1) is 12.6. The van der Waals surface area contributed by atoms with E-state index < -0.39 is 11.7 Å². The fourth-order valence-corrected chi connectivity index (χ4v) is 1.70. The van der Waals surface area contributed by atoms with Crippen molar-refractivity contribution in [2.24, 2.45) is 0 Å². The first-order valence-corrected chi connectivity index (χ1v) is 5.22. The summed E-state index contributed by atoms with van der Waals surface area (Å²) in [5.41, 5.74) is 4.85. The lowest BCUT2D eigenvalue weighted by atomic mass is 10.00. The normalized spacial score (nSPS) is 11.6. The summed E-state index contributed by atoms with van der Waals surface area (Å²) in [7, 11) is 0. The van der Waals surface area contributed by atoms with Crippen molar-refractivity contribution in [3.05, 3.63) is 41.2 Å². The minimum atomic E-state index is -4.47. The van der Waals surface area contributed by atoms with E-state index in [2.05, 4.69) is 10.2 Å². The molecule has 7 heteroatoms. The maximum atomic E-state index is 12.9. The summed E-state index contributed by atoms with van der Waals surface area (Å²) in [6.07, 6.45) is -3.31. The van der Waals surface area contributed by atoms with Crippen molar-refractivity contribution in [3.8, 4) is 11.1 Å². The maximum absolute atomic E-state index is 12.9. The second-order valence-electron chi connectivity index (χ2n) is 3.51. The van der Waals surface area contributed by atoms with Gasteiger partial charge in [-0.05, 0) is 11.6 Å². The average molecular weight is 274 g/mol. The van der Waals surface area contributed by atoms with Gasteiger partial charge in [-0.2, -0.15) is 18.3 Å². The summed E-state index contributed by atoms with van der Waals surface area (Å²) in [5.74, 6) is 0. The van der Waals surface area contributed by atoms with Crippen molar-refractivity contribution in [2.45, 2.75) is 6.18 Å². The summed E-state index contributed by atoms with van der Waals surface area (Å²) in [5, 5.41) is 6.86. The molecule has 0 saturated carbocycles. The molecule has 0 radical (unpaired) electrons. The molecule has 1 aromatic heterocycles. The number of nitrogens with two attached hydrogens (primary N) is 1. The van der Waals surface area contributed by atoms with Crippen molar-refractivity contribution >= 4 is 17.3 Å². The van der Waals surface area contributed by atoms with E-state index in [0.717, 1.165) is 12.3 Å². The molecule has 0 amide bonds. The van der Waals surface area contributed by atoms with Crippen molar-refractivity contribution in [2.75, 3.05) is 5.73 Å². The van der Waals surface area contributed by atoms with Crippen molar-refractivity contribution in [1.82, 2.24) is 10.2 Å². The quantitative estimate of drug-likeness (QED) is 0.866. The molecule has 3 nitrogen and oxygen atoms in total. The first-order valence-electron chi connectivity index (χ1n) is 4.84. The minimum Gasteiger partial charge on any atom is -0.396 e. The van der Waals surface area contributed by atoms with Gasteiger partial charge in [-0.15, -0.1) is 5.10 Å². The number of rotatable bonds is 1. The number of nitrogen functional groups attached to an aromatic ring is 1. The van der Waals surface area contributed by atoms with E-state index in [4.69, 9.17) is 17.3 Å². The van der Waals surface area contributed by atoms with Crippen LogP contribution in [0.15, 0.2) is 30.5 Å². The summed E-state index contributed by atoms with van der Waals surface area (Å²) in [6, 6.07) is 5.08. The summed E-state index contributed by atoms with van der Waals surface area (Å²) in [6.45, 7) is 0. The molecule has 2 N–H and O–H groups in total.